The number of fused-ring (bicyclic) bond motifs is 1. The molecule has 0 aliphatic carbocycles. The van der Waals surface area contributed by atoms with Crippen LogP contribution in [0.15, 0.2) is 61.7 Å². The van der Waals surface area contributed by atoms with Crippen molar-refractivity contribution in [2.45, 2.75) is 32.7 Å². The van der Waals surface area contributed by atoms with Gasteiger partial charge in [-0.25, -0.2) is 0 Å². The van der Waals surface area contributed by atoms with Crippen LogP contribution < -0.4 is 4.72 Å². The van der Waals surface area contributed by atoms with Crippen molar-refractivity contribution in [3.8, 4) is 0 Å². The van der Waals surface area contributed by atoms with Gasteiger partial charge < -0.3 is 0 Å². The number of rotatable bonds is 2. The molecule has 0 spiro atoms. The van der Waals surface area contributed by atoms with E-state index in [1.165, 1.54) is 10.8 Å². The van der Waals surface area contributed by atoms with Crippen LogP contribution in [-0.4, -0.2) is 5.54 Å². The molecular formula is C17H25NS. The minimum atomic E-state index is 0.198. The highest BCUT2D eigenvalue weighted by atomic mass is 32.1. The van der Waals surface area contributed by atoms with E-state index in [4.69, 9.17) is 0 Å². The van der Waals surface area contributed by atoms with E-state index in [9.17, 15) is 0 Å². The number of hydrogen-bond donors (Lipinski definition) is 2. The molecule has 2 rings (SSSR count). The third-order valence-electron chi connectivity index (χ3n) is 2.85. The molecule has 104 valence electrons. The molecule has 1 nitrogen and oxygen atoms in total. The standard InChI is InChI=1S/C10H8.C5H13NS.C2H4/c1-2-6-10-8-4-3-7-9(10)5-1;1-4-5(2,3)6-7;1-2/h1-8H;6-7H,4H2,1-3H3;1-2H2. The molecule has 0 aromatic heterocycles. The largest absolute Gasteiger partial charge is 0.261 e. The second-order valence-corrected chi connectivity index (χ2v) is 4.92. The van der Waals surface area contributed by atoms with Crippen LogP contribution >= 0.6 is 12.8 Å². The van der Waals surface area contributed by atoms with Crippen LogP contribution in [0.4, 0.5) is 0 Å². The van der Waals surface area contributed by atoms with E-state index >= 15 is 0 Å². The molecule has 0 saturated heterocycles. The van der Waals surface area contributed by atoms with Crippen LogP contribution in [0.5, 0.6) is 0 Å². The van der Waals surface area contributed by atoms with Gasteiger partial charge in [0.1, 0.15) is 0 Å². The molecule has 0 bridgehead atoms. The molecule has 0 amide bonds. The van der Waals surface area contributed by atoms with Crippen LogP contribution in [0.25, 0.3) is 10.8 Å². The first-order chi connectivity index (χ1) is 9.09. The number of thiol groups is 1. The second kappa shape index (κ2) is 9.65. The maximum absolute atomic E-state index is 3.93. The van der Waals surface area contributed by atoms with Crippen molar-refractivity contribution in [1.82, 2.24) is 4.72 Å². The predicted octanol–water partition coefficient (Wildman–Crippen LogP) is 5.25. The second-order valence-electron chi connectivity index (χ2n) is 4.70. The Morgan fingerprint density at radius 2 is 1.26 bits per heavy atom. The summed E-state index contributed by atoms with van der Waals surface area (Å²) < 4.78 is 2.89. The number of hydrogen-bond acceptors (Lipinski definition) is 2. The van der Waals surface area contributed by atoms with Gasteiger partial charge in [-0.05, 0) is 31.0 Å². The van der Waals surface area contributed by atoms with Gasteiger partial charge in [0.2, 0.25) is 0 Å². The predicted molar refractivity (Wildman–Crippen MR) is 91.7 cm³/mol. The van der Waals surface area contributed by atoms with E-state index in [-0.39, 0.29) is 5.54 Å². The van der Waals surface area contributed by atoms with Crippen molar-refractivity contribution in [2.24, 2.45) is 0 Å². The zero-order valence-corrected chi connectivity index (χ0v) is 13.1. The summed E-state index contributed by atoms with van der Waals surface area (Å²) in [6, 6.07) is 16.7. The van der Waals surface area contributed by atoms with E-state index in [1.807, 2.05) is 0 Å². The first-order valence-electron chi connectivity index (χ1n) is 6.44. The Kier molecular flexibility index (Phi) is 9.02. The van der Waals surface area contributed by atoms with E-state index in [0.29, 0.717) is 0 Å². The SMILES string of the molecule is C=C.CCC(C)(C)NS.c1ccc2ccccc2c1. The first kappa shape index (κ1) is 17.8. The molecule has 2 heteroatoms. The lowest BCUT2D eigenvalue weighted by molar-refractivity contribution is 0.467. The van der Waals surface area contributed by atoms with Crippen LogP contribution in [0, 0.1) is 0 Å². The maximum atomic E-state index is 3.93. The molecule has 2 aromatic carbocycles. The maximum Gasteiger partial charge on any atom is 0.0221 e. The summed E-state index contributed by atoms with van der Waals surface area (Å²) in [5, 5.41) is 2.62. The Hall–Kier alpha value is -1.25. The average Bonchev–Trinajstić information content (AvgIpc) is 2.50. The normalized spacial score (nSPS) is 9.89. The molecule has 0 atom stereocenters. The fraction of sp³-hybridized carbons (Fsp3) is 0.294. The van der Waals surface area contributed by atoms with Crippen molar-refractivity contribution in [3.05, 3.63) is 61.7 Å². The average molecular weight is 275 g/mol. The molecule has 0 heterocycles. The van der Waals surface area contributed by atoms with Gasteiger partial charge in [-0.3, -0.25) is 4.72 Å². The topological polar surface area (TPSA) is 12.0 Å². The summed E-state index contributed by atoms with van der Waals surface area (Å²) in [4.78, 5) is 0. The number of benzene rings is 2. The summed E-state index contributed by atoms with van der Waals surface area (Å²) in [6.07, 6.45) is 1.11. The highest BCUT2D eigenvalue weighted by molar-refractivity contribution is 7.78. The highest BCUT2D eigenvalue weighted by Crippen LogP contribution is 2.11. The molecule has 0 radical (unpaired) electrons. The van der Waals surface area contributed by atoms with E-state index in [0.717, 1.165) is 6.42 Å². The van der Waals surface area contributed by atoms with Gasteiger partial charge in [-0.2, -0.15) is 0 Å². The molecular weight excluding hydrogens is 250 g/mol. The van der Waals surface area contributed by atoms with Gasteiger partial charge in [0.05, 0.1) is 0 Å². The molecule has 19 heavy (non-hydrogen) atoms. The highest BCUT2D eigenvalue weighted by Gasteiger charge is 2.09. The van der Waals surface area contributed by atoms with Crippen LogP contribution in [0.3, 0.4) is 0 Å². The quantitative estimate of drug-likeness (QED) is 0.563. The van der Waals surface area contributed by atoms with Crippen molar-refractivity contribution in [1.29, 1.82) is 0 Å². The van der Waals surface area contributed by atoms with Gasteiger partial charge in [-0.15, -0.1) is 13.2 Å². The van der Waals surface area contributed by atoms with Gasteiger partial charge in [-0.1, -0.05) is 68.3 Å². The van der Waals surface area contributed by atoms with E-state index in [2.05, 4.69) is 100.0 Å². The van der Waals surface area contributed by atoms with Crippen molar-refractivity contribution < 1.29 is 0 Å². The third-order valence-corrected chi connectivity index (χ3v) is 3.45. The molecule has 0 aliphatic heterocycles. The van der Waals surface area contributed by atoms with Gasteiger partial charge in [0, 0.05) is 5.54 Å². The lowest BCUT2D eigenvalue weighted by Crippen LogP contribution is -2.30. The molecule has 0 fully saturated rings. The lowest BCUT2D eigenvalue weighted by Gasteiger charge is -2.19. The Labute approximate surface area is 123 Å². The lowest BCUT2D eigenvalue weighted by atomic mass is 10.0. The zero-order valence-electron chi connectivity index (χ0n) is 12.2. The summed E-state index contributed by atoms with van der Waals surface area (Å²) >= 11 is 3.93. The van der Waals surface area contributed by atoms with Crippen LogP contribution in [0.2, 0.25) is 0 Å². The van der Waals surface area contributed by atoms with E-state index < -0.39 is 0 Å². The minimum Gasteiger partial charge on any atom is -0.261 e. The van der Waals surface area contributed by atoms with Crippen LogP contribution in [-0.2, 0) is 0 Å². The van der Waals surface area contributed by atoms with Gasteiger partial charge in [0.25, 0.3) is 0 Å². The van der Waals surface area contributed by atoms with Crippen molar-refractivity contribution in [2.75, 3.05) is 0 Å². The van der Waals surface area contributed by atoms with Crippen molar-refractivity contribution in [3.63, 3.8) is 0 Å². The molecule has 1 N–H and O–H groups in total. The number of nitrogens with one attached hydrogen (secondary N) is 1. The zero-order chi connectivity index (χ0) is 14.7. The minimum absolute atomic E-state index is 0.198. The van der Waals surface area contributed by atoms with E-state index in [1.54, 1.807) is 0 Å². The van der Waals surface area contributed by atoms with Crippen molar-refractivity contribution >= 4 is 23.6 Å². The Morgan fingerprint density at radius 1 is 0.947 bits per heavy atom. The van der Waals surface area contributed by atoms with Crippen LogP contribution in [0.1, 0.15) is 27.2 Å². The fourth-order valence-corrected chi connectivity index (χ4v) is 1.37. The third kappa shape index (κ3) is 7.04. The Balaban J connectivity index is 0.000000321. The summed E-state index contributed by atoms with van der Waals surface area (Å²) in [5.41, 5.74) is 0.198. The smallest absolute Gasteiger partial charge is 0.0221 e. The Bertz CT molecular complexity index is 394. The van der Waals surface area contributed by atoms with Gasteiger partial charge >= 0.3 is 0 Å². The Morgan fingerprint density at radius 3 is 1.42 bits per heavy atom. The summed E-state index contributed by atoms with van der Waals surface area (Å²) in [6.45, 7) is 12.4. The monoisotopic (exact) mass is 275 g/mol. The first-order valence-corrected chi connectivity index (χ1v) is 6.89. The molecule has 2 aromatic rings. The summed E-state index contributed by atoms with van der Waals surface area (Å²) in [7, 11) is 0. The fourth-order valence-electron chi connectivity index (χ4n) is 1.21. The van der Waals surface area contributed by atoms with Gasteiger partial charge in [0.15, 0.2) is 0 Å². The summed E-state index contributed by atoms with van der Waals surface area (Å²) in [5.74, 6) is 0. The molecule has 0 aliphatic rings. The molecule has 0 saturated carbocycles. The molecule has 0 unspecified atom stereocenters.